The molecule has 0 saturated heterocycles. The van der Waals surface area contributed by atoms with Crippen molar-refractivity contribution in [2.75, 3.05) is 18.8 Å². The Balaban J connectivity index is 2.02. The molecule has 106 valence electrons. The molecule has 4 nitrogen and oxygen atoms in total. The number of rotatable bonds is 7. The van der Waals surface area contributed by atoms with Crippen LogP contribution >= 0.6 is 0 Å². The molecule has 5 heteroatoms. The molecule has 0 radical (unpaired) electrons. The molecule has 1 saturated carbocycles. The lowest BCUT2D eigenvalue weighted by atomic mass is 10.2. The van der Waals surface area contributed by atoms with Crippen LogP contribution < -0.4 is 0 Å². The number of nitriles is 1. The predicted molar refractivity (Wildman–Crippen MR) is 78.0 cm³/mol. The summed E-state index contributed by atoms with van der Waals surface area (Å²) in [7, 11) is -3.29. The van der Waals surface area contributed by atoms with Gasteiger partial charge >= 0.3 is 0 Å². The molecule has 0 atom stereocenters. The minimum atomic E-state index is -3.29. The van der Waals surface area contributed by atoms with Crippen LogP contribution in [0.2, 0.25) is 0 Å². The maximum absolute atomic E-state index is 12.2. The first-order valence-electron chi connectivity index (χ1n) is 6.64. The second-order valence-electron chi connectivity index (χ2n) is 4.97. The topological polar surface area (TPSA) is 61.2 Å². The Bertz CT molecular complexity index is 610. The van der Waals surface area contributed by atoms with E-state index in [4.69, 9.17) is 5.26 Å². The fourth-order valence-electron chi connectivity index (χ4n) is 2.12. The van der Waals surface area contributed by atoms with E-state index >= 15 is 0 Å². The molecule has 1 aromatic carbocycles. The first-order chi connectivity index (χ1) is 9.56. The van der Waals surface area contributed by atoms with E-state index in [-0.39, 0.29) is 10.6 Å². The highest BCUT2D eigenvalue weighted by molar-refractivity contribution is 7.91. The van der Waals surface area contributed by atoms with E-state index in [1.807, 2.05) is 12.1 Å². The van der Waals surface area contributed by atoms with E-state index in [9.17, 15) is 8.42 Å². The van der Waals surface area contributed by atoms with Gasteiger partial charge in [0.1, 0.15) is 0 Å². The molecule has 1 aromatic rings. The lowest BCUT2D eigenvalue weighted by molar-refractivity contribution is 0.309. The van der Waals surface area contributed by atoms with Crippen LogP contribution in [0, 0.1) is 11.3 Å². The molecule has 0 aromatic heterocycles. The van der Waals surface area contributed by atoms with Crippen molar-refractivity contribution in [3.05, 3.63) is 42.5 Å². The van der Waals surface area contributed by atoms with Crippen molar-refractivity contribution in [1.82, 2.24) is 4.90 Å². The van der Waals surface area contributed by atoms with Gasteiger partial charge in [0.2, 0.25) is 0 Å². The summed E-state index contributed by atoms with van der Waals surface area (Å²) in [6.45, 7) is 4.97. The lowest BCUT2D eigenvalue weighted by Gasteiger charge is -2.19. The average molecular weight is 290 g/mol. The van der Waals surface area contributed by atoms with Crippen LogP contribution in [0.25, 0.3) is 0 Å². The Morgan fingerprint density at radius 1 is 1.35 bits per heavy atom. The highest BCUT2D eigenvalue weighted by Gasteiger charge is 2.29. The normalized spacial score (nSPS) is 15.0. The van der Waals surface area contributed by atoms with Gasteiger partial charge in [0.05, 0.1) is 22.3 Å². The van der Waals surface area contributed by atoms with E-state index in [1.165, 1.54) is 24.3 Å². The van der Waals surface area contributed by atoms with Gasteiger partial charge < -0.3 is 0 Å². The van der Waals surface area contributed by atoms with Crippen LogP contribution in [0.1, 0.15) is 18.4 Å². The number of sulfone groups is 1. The van der Waals surface area contributed by atoms with E-state index in [0.717, 1.165) is 19.4 Å². The molecule has 0 spiro atoms. The maximum atomic E-state index is 12.2. The summed E-state index contributed by atoms with van der Waals surface area (Å²) in [5, 5.41) is 8.72. The van der Waals surface area contributed by atoms with E-state index in [2.05, 4.69) is 11.5 Å². The Morgan fingerprint density at radius 2 is 2.00 bits per heavy atom. The lowest BCUT2D eigenvalue weighted by Crippen LogP contribution is -2.31. The molecule has 0 bridgehead atoms. The third kappa shape index (κ3) is 3.69. The minimum Gasteiger partial charge on any atom is -0.296 e. The van der Waals surface area contributed by atoms with Gasteiger partial charge in [-0.15, -0.1) is 6.58 Å². The van der Waals surface area contributed by atoms with Crippen molar-refractivity contribution in [2.45, 2.75) is 23.8 Å². The van der Waals surface area contributed by atoms with Gasteiger partial charge in [-0.05, 0) is 37.1 Å². The molecule has 1 aliphatic carbocycles. The van der Waals surface area contributed by atoms with Crippen LogP contribution in [-0.4, -0.2) is 38.2 Å². The monoisotopic (exact) mass is 290 g/mol. The molecule has 2 rings (SSSR count). The molecular weight excluding hydrogens is 272 g/mol. The van der Waals surface area contributed by atoms with Gasteiger partial charge in [0.15, 0.2) is 9.84 Å². The van der Waals surface area contributed by atoms with Gasteiger partial charge in [0, 0.05) is 19.1 Å². The summed E-state index contributed by atoms with van der Waals surface area (Å²) in [5.74, 6) is 0.100. The van der Waals surface area contributed by atoms with Crippen molar-refractivity contribution in [2.24, 2.45) is 0 Å². The summed E-state index contributed by atoms with van der Waals surface area (Å²) in [6.07, 6.45) is 4.10. The smallest absolute Gasteiger partial charge is 0.179 e. The molecule has 20 heavy (non-hydrogen) atoms. The average Bonchev–Trinajstić information content (AvgIpc) is 3.28. The third-order valence-electron chi connectivity index (χ3n) is 3.42. The summed E-state index contributed by atoms with van der Waals surface area (Å²) in [4.78, 5) is 2.44. The number of hydrogen-bond acceptors (Lipinski definition) is 4. The largest absolute Gasteiger partial charge is 0.296 e. The molecule has 0 amide bonds. The van der Waals surface area contributed by atoms with Crippen molar-refractivity contribution < 1.29 is 8.42 Å². The zero-order valence-corrected chi connectivity index (χ0v) is 12.1. The van der Waals surface area contributed by atoms with Crippen LogP contribution in [0.15, 0.2) is 41.8 Å². The van der Waals surface area contributed by atoms with E-state index in [0.29, 0.717) is 18.2 Å². The summed E-state index contributed by atoms with van der Waals surface area (Å²) in [5.41, 5.74) is 0.468. The second-order valence-corrected chi connectivity index (χ2v) is 7.08. The predicted octanol–water partition coefficient (Wildman–Crippen LogP) is 1.98. The maximum Gasteiger partial charge on any atom is 0.179 e. The first kappa shape index (κ1) is 14.8. The minimum absolute atomic E-state index is 0.100. The van der Waals surface area contributed by atoms with Crippen molar-refractivity contribution in [3.8, 4) is 6.07 Å². The van der Waals surface area contributed by atoms with Crippen molar-refractivity contribution in [3.63, 3.8) is 0 Å². The zero-order chi connectivity index (χ0) is 14.6. The molecule has 1 aliphatic rings. The summed E-state index contributed by atoms with van der Waals surface area (Å²) < 4.78 is 24.5. The Hall–Kier alpha value is -1.64. The molecule has 0 unspecified atom stereocenters. The van der Waals surface area contributed by atoms with Gasteiger partial charge in [0.25, 0.3) is 0 Å². The molecule has 0 N–H and O–H groups in total. The summed E-state index contributed by atoms with van der Waals surface area (Å²) in [6, 6.07) is 8.58. The number of hydrogen-bond donors (Lipinski definition) is 0. The van der Waals surface area contributed by atoms with Crippen LogP contribution in [0.5, 0.6) is 0 Å². The molecule has 0 heterocycles. The number of nitrogens with zero attached hydrogens (tertiary/aromatic N) is 2. The standard InChI is InChI=1S/C15H18N2O2S/c1-2-9-17(14-5-6-14)10-11-20(18,19)15-7-3-13(12-16)4-8-15/h2-4,7-8,14H,1,5-6,9-11H2. The Morgan fingerprint density at radius 3 is 2.50 bits per heavy atom. The van der Waals surface area contributed by atoms with Gasteiger partial charge in [-0.25, -0.2) is 8.42 Å². The number of benzene rings is 1. The Kier molecular flexibility index (Phi) is 4.58. The fraction of sp³-hybridized carbons (Fsp3) is 0.400. The summed E-state index contributed by atoms with van der Waals surface area (Å²) >= 11 is 0. The SMILES string of the molecule is C=CCN(CCS(=O)(=O)c1ccc(C#N)cc1)C1CC1. The highest BCUT2D eigenvalue weighted by Crippen LogP contribution is 2.26. The molecule has 0 aliphatic heterocycles. The van der Waals surface area contributed by atoms with Crippen molar-refractivity contribution >= 4 is 9.84 Å². The van der Waals surface area contributed by atoms with Crippen molar-refractivity contribution in [1.29, 1.82) is 5.26 Å². The van der Waals surface area contributed by atoms with Gasteiger partial charge in [-0.3, -0.25) is 4.90 Å². The quantitative estimate of drug-likeness (QED) is 0.720. The van der Waals surface area contributed by atoms with Gasteiger partial charge in [-0.1, -0.05) is 6.08 Å². The van der Waals surface area contributed by atoms with Crippen LogP contribution in [0.4, 0.5) is 0 Å². The van der Waals surface area contributed by atoms with E-state index < -0.39 is 9.84 Å². The second kappa shape index (κ2) is 6.21. The van der Waals surface area contributed by atoms with E-state index in [1.54, 1.807) is 0 Å². The van der Waals surface area contributed by atoms with Crippen LogP contribution in [-0.2, 0) is 9.84 Å². The first-order valence-corrected chi connectivity index (χ1v) is 8.30. The third-order valence-corrected chi connectivity index (χ3v) is 5.13. The highest BCUT2D eigenvalue weighted by atomic mass is 32.2. The van der Waals surface area contributed by atoms with Gasteiger partial charge in [-0.2, -0.15) is 5.26 Å². The fourth-order valence-corrected chi connectivity index (χ4v) is 3.38. The molecule has 1 fully saturated rings. The molecular formula is C15H18N2O2S. The Labute approximate surface area is 120 Å². The zero-order valence-electron chi connectivity index (χ0n) is 11.3. The van der Waals surface area contributed by atoms with Crippen LogP contribution in [0.3, 0.4) is 0 Å².